The minimum Gasteiger partial charge on any atom is -0.495 e. The molecular weight excluding hydrogens is 490 g/mol. The number of methoxy groups -OCH3 is 1. The fraction of sp³-hybridized carbons (Fsp3) is 0.469. The van der Waals surface area contributed by atoms with E-state index in [1.54, 1.807) is 13.3 Å². The van der Waals surface area contributed by atoms with Crippen LogP contribution in [0.25, 0.3) is 10.9 Å². The number of aryl methyl sites for hydroxylation is 2. The zero-order valence-electron chi connectivity index (χ0n) is 23.1. The summed E-state index contributed by atoms with van der Waals surface area (Å²) >= 11 is 0. The van der Waals surface area contributed by atoms with Gasteiger partial charge in [-0.2, -0.15) is 0 Å². The first-order chi connectivity index (χ1) is 19.0. The Morgan fingerprint density at radius 1 is 1.03 bits per heavy atom. The number of aliphatic hydroxyl groups excluding tert-OH is 1. The smallest absolute Gasteiger partial charge is 0.222 e. The van der Waals surface area contributed by atoms with Gasteiger partial charge in [0.25, 0.3) is 0 Å². The van der Waals surface area contributed by atoms with E-state index in [0.29, 0.717) is 38.3 Å². The zero-order valence-corrected chi connectivity index (χ0v) is 23.1. The topological polar surface area (TPSA) is 83.0 Å². The molecule has 7 nitrogen and oxygen atoms in total. The monoisotopic (exact) mass is 529 g/mol. The Bertz CT molecular complexity index is 1330. The number of carbonyl (C=O) groups is 2. The SMILES string of the molecule is CCCC(=O)N1CCN(c2cc3c(CCc4ccc(CO)cc4)c(C(=O)CC4CC4)cnc3cc2OC)CC1. The van der Waals surface area contributed by atoms with Crippen LogP contribution in [0, 0.1) is 5.92 Å². The fourth-order valence-electron chi connectivity index (χ4n) is 5.53. The van der Waals surface area contributed by atoms with Crippen molar-refractivity contribution >= 4 is 28.3 Å². The van der Waals surface area contributed by atoms with Crippen LogP contribution in [-0.4, -0.2) is 60.0 Å². The maximum atomic E-state index is 13.4. The van der Waals surface area contributed by atoms with Crippen molar-refractivity contribution in [2.45, 2.75) is 58.5 Å². The molecular formula is C32H39N3O4. The Labute approximate surface area is 230 Å². The van der Waals surface area contributed by atoms with Crippen LogP contribution in [-0.2, 0) is 24.2 Å². The molecule has 0 unspecified atom stereocenters. The third kappa shape index (κ3) is 6.25. The quantitative estimate of drug-likeness (QED) is 0.354. The van der Waals surface area contributed by atoms with Crippen LogP contribution >= 0.6 is 0 Å². The van der Waals surface area contributed by atoms with Crippen molar-refractivity contribution in [1.82, 2.24) is 9.88 Å². The van der Waals surface area contributed by atoms with Crippen LogP contribution in [0.1, 0.15) is 66.1 Å². The van der Waals surface area contributed by atoms with Gasteiger partial charge in [-0.05, 0) is 60.8 Å². The number of ether oxygens (including phenoxy) is 1. The number of rotatable bonds is 11. The molecule has 0 spiro atoms. The third-order valence-electron chi connectivity index (χ3n) is 8.06. The minimum absolute atomic E-state index is 0.0285. The summed E-state index contributed by atoms with van der Waals surface area (Å²) in [5, 5.41) is 10.4. The zero-order chi connectivity index (χ0) is 27.4. The van der Waals surface area contributed by atoms with Gasteiger partial charge < -0.3 is 19.6 Å². The predicted octanol–water partition coefficient (Wildman–Crippen LogP) is 4.95. The van der Waals surface area contributed by atoms with Gasteiger partial charge in [0.05, 0.1) is 24.9 Å². The fourth-order valence-corrected chi connectivity index (χ4v) is 5.53. The van der Waals surface area contributed by atoms with Gasteiger partial charge in [-0.25, -0.2) is 0 Å². The summed E-state index contributed by atoms with van der Waals surface area (Å²) in [7, 11) is 1.68. The number of nitrogens with zero attached hydrogens (tertiary/aromatic N) is 3. The molecule has 1 aliphatic carbocycles. The molecule has 0 radical (unpaired) electrons. The molecule has 206 valence electrons. The van der Waals surface area contributed by atoms with Crippen molar-refractivity contribution in [3.63, 3.8) is 0 Å². The highest BCUT2D eigenvalue weighted by atomic mass is 16.5. The number of Topliss-reactive ketones (excluding diaryl/α,β-unsaturated/α-hetero) is 1. The summed E-state index contributed by atoms with van der Waals surface area (Å²) in [5.74, 6) is 1.66. The van der Waals surface area contributed by atoms with Crippen molar-refractivity contribution in [3.05, 3.63) is 64.8 Å². The van der Waals surface area contributed by atoms with E-state index >= 15 is 0 Å². The molecule has 2 aliphatic rings. The van der Waals surface area contributed by atoms with Gasteiger partial charge in [-0.3, -0.25) is 14.6 Å². The second-order valence-corrected chi connectivity index (χ2v) is 10.9. The average molecular weight is 530 g/mol. The number of benzene rings is 2. The second-order valence-electron chi connectivity index (χ2n) is 10.9. The molecule has 1 amide bonds. The number of ketones is 1. The van der Waals surface area contributed by atoms with Crippen LogP contribution in [0.2, 0.25) is 0 Å². The molecule has 1 aromatic heterocycles. The number of anilines is 1. The van der Waals surface area contributed by atoms with Gasteiger partial charge in [0.2, 0.25) is 5.91 Å². The van der Waals surface area contributed by atoms with Gasteiger partial charge in [0.1, 0.15) is 5.75 Å². The van der Waals surface area contributed by atoms with Crippen LogP contribution < -0.4 is 9.64 Å². The maximum absolute atomic E-state index is 13.4. The lowest BCUT2D eigenvalue weighted by molar-refractivity contribution is -0.131. The Kier molecular flexibility index (Phi) is 8.46. The van der Waals surface area contributed by atoms with E-state index in [1.807, 2.05) is 42.2 Å². The molecule has 1 saturated carbocycles. The van der Waals surface area contributed by atoms with Gasteiger partial charge >= 0.3 is 0 Å². The molecule has 1 saturated heterocycles. The Balaban J connectivity index is 1.48. The molecule has 0 bridgehead atoms. The number of pyridine rings is 1. The second kappa shape index (κ2) is 12.2. The van der Waals surface area contributed by atoms with Crippen molar-refractivity contribution in [2.75, 3.05) is 38.2 Å². The third-order valence-corrected chi connectivity index (χ3v) is 8.06. The van der Waals surface area contributed by atoms with Gasteiger partial charge in [0, 0.05) is 62.2 Å². The summed E-state index contributed by atoms with van der Waals surface area (Å²) < 4.78 is 5.80. The summed E-state index contributed by atoms with van der Waals surface area (Å²) in [6, 6.07) is 12.1. The number of carbonyl (C=O) groups excluding carboxylic acids is 2. The van der Waals surface area contributed by atoms with Gasteiger partial charge in [-0.15, -0.1) is 0 Å². The summed E-state index contributed by atoms with van der Waals surface area (Å²) in [5.41, 5.74) is 5.63. The summed E-state index contributed by atoms with van der Waals surface area (Å²) in [4.78, 5) is 34.8. The molecule has 2 fully saturated rings. The van der Waals surface area contributed by atoms with E-state index in [9.17, 15) is 14.7 Å². The largest absolute Gasteiger partial charge is 0.495 e. The number of amides is 1. The normalized spacial score (nSPS) is 15.6. The average Bonchev–Trinajstić information content (AvgIpc) is 3.79. The van der Waals surface area contributed by atoms with E-state index in [1.165, 1.54) is 5.56 Å². The lowest BCUT2D eigenvalue weighted by atomic mass is 9.92. The van der Waals surface area contributed by atoms with Crippen molar-refractivity contribution in [2.24, 2.45) is 5.92 Å². The molecule has 1 N–H and O–H groups in total. The van der Waals surface area contributed by atoms with Crippen molar-refractivity contribution < 1.29 is 19.4 Å². The van der Waals surface area contributed by atoms with E-state index in [0.717, 1.165) is 77.8 Å². The number of aliphatic hydroxyl groups is 1. The molecule has 2 heterocycles. The lowest BCUT2D eigenvalue weighted by Crippen LogP contribution is -2.48. The summed E-state index contributed by atoms with van der Waals surface area (Å²) in [6.45, 7) is 4.91. The molecule has 5 rings (SSSR count). The van der Waals surface area contributed by atoms with E-state index in [4.69, 9.17) is 9.72 Å². The highest BCUT2D eigenvalue weighted by Crippen LogP contribution is 2.38. The lowest BCUT2D eigenvalue weighted by Gasteiger charge is -2.37. The van der Waals surface area contributed by atoms with Gasteiger partial charge in [-0.1, -0.05) is 31.2 Å². The molecule has 2 aromatic carbocycles. The highest BCUT2D eigenvalue weighted by Gasteiger charge is 2.28. The molecule has 39 heavy (non-hydrogen) atoms. The van der Waals surface area contributed by atoms with Crippen LogP contribution in [0.3, 0.4) is 0 Å². The van der Waals surface area contributed by atoms with Crippen molar-refractivity contribution in [1.29, 1.82) is 0 Å². The Morgan fingerprint density at radius 2 is 1.74 bits per heavy atom. The Hall–Kier alpha value is -3.45. The Morgan fingerprint density at radius 3 is 2.38 bits per heavy atom. The first-order valence-corrected chi connectivity index (χ1v) is 14.2. The van der Waals surface area contributed by atoms with Crippen LogP contribution in [0.15, 0.2) is 42.6 Å². The first kappa shape index (κ1) is 27.1. The molecule has 3 aromatic rings. The van der Waals surface area contributed by atoms with Crippen molar-refractivity contribution in [3.8, 4) is 5.75 Å². The highest BCUT2D eigenvalue weighted by molar-refractivity contribution is 6.02. The number of fused-ring (bicyclic) bond motifs is 1. The number of hydrogen-bond acceptors (Lipinski definition) is 6. The maximum Gasteiger partial charge on any atom is 0.222 e. The van der Waals surface area contributed by atoms with Crippen LogP contribution in [0.4, 0.5) is 5.69 Å². The predicted molar refractivity (Wildman–Crippen MR) is 153 cm³/mol. The van der Waals surface area contributed by atoms with E-state index in [2.05, 4.69) is 11.0 Å². The number of aromatic nitrogens is 1. The molecule has 0 atom stereocenters. The molecule has 1 aliphatic heterocycles. The van der Waals surface area contributed by atoms with E-state index in [-0.39, 0.29) is 18.3 Å². The number of piperazine rings is 1. The van der Waals surface area contributed by atoms with Crippen LogP contribution in [0.5, 0.6) is 5.75 Å². The standard InChI is InChI=1S/C32H39N3O4/c1-3-4-32(38)35-15-13-34(14-16-35)29-18-26-25(12-11-22-5-9-24(21-36)10-6-22)27(30(37)17-23-7-8-23)20-33-28(26)19-31(29)39-2/h5-6,9-10,18-20,23,36H,3-4,7-8,11-17,21H2,1-2H3. The first-order valence-electron chi connectivity index (χ1n) is 14.2. The molecule has 7 heteroatoms. The number of hydrogen-bond donors (Lipinski definition) is 1. The van der Waals surface area contributed by atoms with E-state index < -0.39 is 0 Å². The van der Waals surface area contributed by atoms with Gasteiger partial charge in [0.15, 0.2) is 5.78 Å². The minimum atomic E-state index is 0.0285. The summed E-state index contributed by atoms with van der Waals surface area (Å²) in [6.07, 6.45) is 7.56.